The van der Waals surface area contributed by atoms with E-state index in [-0.39, 0.29) is 12.4 Å². The molecule has 88 valence electrons. The van der Waals surface area contributed by atoms with Gasteiger partial charge in [0.1, 0.15) is 5.84 Å². The van der Waals surface area contributed by atoms with Gasteiger partial charge in [0.2, 0.25) is 0 Å². The third-order valence-corrected chi connectivity index (χ3v) is 3.77. The van der Waals surface area contributed by atoms with E-state index in [2.05, 4.69) is 6.92 Å². The molecule has 0 heterocycles. The molecule has 1 unspecified atom stereocenters. The van der Waals surface area contributed by atoms with E-state index >= 15 is 0 Å². The monoisotopic (exact) mass is 238 g/mol. The van der Waals surface area contributed by atoms with Gasteiger partial charge in [-0.2, -0.15) is 0 Å². The summed E-state index contributed by atoms with van der Waals surface area (Å²) in [5, 5.41) is 16.7. The second kappa shape index (κ2) is 5.92. The van der Waals surface area contributed by atoms with E-state index in [1.807, 2.05) is 25.1 Å². The third kappa shape index (κ3) is 3.25. The average Bonchev–Trinajstić information content (AvgIpc) is 2.21. The van der Waals surface area contributed by atoms with Gasteiger partial charge in [-0.05, 0) is 18.9 Å². The summed E-state index contributed by atoms with van der Waals surface area (Å²) in [5.41, 5.74) is 7.47. The van der Waals surface area contributed by atoms with Gasteiger partial charge in [-0.3, -0.25) is 5.41 Å². The van der Waals surface area contributed by atoms with Crippen molar-refractivity contribution in [3.8, 4) is 0 Å². The van der Waals surface area contributed by atoms with Crippen molar-refractivity contribution in [3.63, 3.8) is 0 Å². The molecule has 0 spiro atoms. The zero-order valence-electron chi connectivity index (χ0n) is 9.66. The Morgan fingerprint density at radius 1 is 1.56 bits per heavy atom. The molecule has 0 saturated heterocycles. The highest BCUT2D eigenvalue weighted by atomic mass is 32.2. The van der Waals surface area contributed by atoms with Gasteiger partial charge in [0.25, 0.3) is 0 Å². The largest absolute Gasteiger partial charge is 0.396 e. The molecule has 0 aliphatic heterocycles. The lowest BCUT2D eigenvalue weighted by Gasteiger charge is -2.15. The maximum absolute atomic E-state index is 8.88. The lowest BCUT2D eigenvalue weighted by molar-refractivity contribution is 0.289. The SMILES string of the molecule is Cc1cccc(C(=N)N)c1SC(C)CCO. The Labute approximate surface area is 101 Å². The summed E-state index contributed by atoms with van der Waals surface area (Å²) in [6.07, 6.45) is 0.746. The van der Waals surface area contributed by atoms with Crippen LogP contribution in [0.2, 0.25) is 0 Å². The summed E-state index contributed by atoms with van der Waals surface area (Å²) in [6.45, 7) is 4.27. The minimum Gasteiger partial charge on any atom is -0.396 e. The Morgan fingerprint density at radius 3 is 2.81 bits per heavy atom. The van der Waals surface area contributed by atoms with Crippen LogP contribution >= 0.6 is 11.8 Å². The highest BCUT2D eigenvalue weighted by molar-refractivity contribution is 8.00. The van der Waals surface area contributed by atoms with E-state index in [0.29, 0.717) is 5.25 Å². The second-order valence-corrected chi connectivity index (χ2v) is 5.25. The normalized spacial score (nSPS) is 12.4. The molecule has 0 fully saturated rings. The maximum atomic E-state index is 8.88. The highest BCUT2D eigenvalue weighted by Gasteiger charge is 2.12. The van der Waals surface area contributed by atoms with Gasteiger partial charge in [0, 0.05) is 22.3 Å². The molecule has 16 heavy (non-hydrogen) atoms. The number of hydrogen-bond acceptors (Lipinski definition) is 3. The molecule has 4 N–H and O–H groups in total. The van der Waals surface area contributed by atoms with Gasteiger partial charge in [-0.15, -0.1) is 11.8 Å². The van der Waals surface area contributed by atoms with E-state index in [0.717, 1.165) is 22.4 Å². The lowest BCUT2D eigenvalue weighted by Crippen LogP contribution is -2.13. The molecule has 0 radical (unpaired) electrons. The first-order chi connectivity index (χ1) is 7.56. The molecule has 0 aliphatic carbocycles. The number of nitrogens with two attached hydrogens (primary N) is 1. The summed E-state index contributed by atoms with van der Waals surface area (Å²) in [6, 6.07) is 5.79. The van der Waals surface area contributed by atoms with E-state index in [1.54, 1.807) is 11.8 Å². The number of aliphatic hydroxyl groups excluding tert-OH is 1. The average molecular weight is 238 g/mol. The Morgan fingerprint density at radius 2 is 2.25 bits per heavy atom. The van der Waals surface area contributed by atoms with Gasteiger partial charge in [-0.25, -0.2) is 0 Å². The van der Waals surface area contributed by atoms with Gasteiger partial charge in [0.15, 0.2) is 0 Å². The number of aryl methyl sites for hydroxylation is 1. The van der Waals surface area contributed by atoms with Gasteiger partial charge in [-0.1, -0.05) is 25.1 Å². The van der Waals surface area contributed by atoms with Crippen LogP contribution in [-0.4, -0.2) is 22.8 Å². The quantitative estimate of drug-likeness (QED) is 0.418. The number of aliphatic hydroxyl groups is 1. The smallest absolute Gasteiger partial charge is 0.123 e. The van der Waals surface area contributed by atoms with Crippen molar-refractivity contribution in [2.24, 2.45) is 5.73 Å². The summed E-state index contributed by atoms with van der Waals surface area (Å²) in [7, 11) is 0. The van der Waals surface area contributed by atoms with Crippen LogP contribution in [0.25, 0.3) is 0 Å². The fourth-order valence-electron chi connectivity index (χ4n) is 1.46. The van der Waals surface area contributed by atoms with Crippen LogP contribution in [0.5, 0.6) is 0 Å². The van der Waals surface area contributed by atoms with Crippen LogP contribution in [0.15, 0.2) is 23.1 Å². The fraction of sp³-hybridized carbons (Fsp3) is 0.417. The first kappa shape index (κ1) is 13.1. The molecule has 4 heteroatoms. The first-order valence-corrected chi connectivity index (χ1v) is 6.15. The minimum atomic E-state index is 0.0994. The van der Waals surface area contributed by atoms with Crippen molar-refractivity contribution in [2.45, 2.75) is 30.4 Å². The maximum Gasteiger partial charge on any atom is 0.123 e. The third-order valence-electron chi connectivity index (χ3n) is 2.36. The molecule has 1 aromatic rings. The summed E-state index contributed by atoms with van der Waals surface area (Å²) >= 11 is 1.67. The Kier molecular flexibility index (Phi) is 4.83. The Hall–Kier alpha value is -1.00. The van der Waals surface area contributed by atoms with E-state index < -0.39 is 0 Å². The highest BCUT2D eigenvalue weighted by Crippen LogP contribution is 2.31. The van der Waals surface area contributed by atoms with Crippen LogP contribution in [0.3, 0.4) is 0 Å². The van der Waals surface area contributed by atoms with Crippen LogP contribution < -0.4 is 5.73 Å². The van der Waals surface area contributed by atoms with Crippen molar-refractivity contribution in [3.05, 3.63) is 29.3 Å². The van der Waals surface area contributed by atoms with Crippen molar-refractivity contribution >= 4 is 17.6 Å². The minimum absolute atomic E-state index is 0.0994. The van der Waals surface area contributed by atoms with Crippen LogP contribution in [0.1, 0.15) is 24.5 Å². The Balaban J connectivity index is 2.97. The molecule has 0 aliphatic rings. The van der Waals surface area contributed by atoms with Crippen molar-refractivity contribution in [2.75, 3.05) is 6.61 Å². The molecular weight excluding hydrogens is 220 g/mol. The lowest BCUT2D eigenvalue weighted by atomic mass is 10.1. The topological polar surface area (TPSA) is 70.1 Å². The number of amidine groups is 1. The predicted molar refractivity (Wildman–Crippen MR) is 69.2 cm³/mol. The number of nitrogens with one attached hydrogen (secondary N) is 1. The zero-order valence-corrected chi connectivity index (χ0v) is 10.5. The number of nitrogen functional groups attached to an aromatic ring is 1. The summed E-state index contributed by atoms with van der Waals surface area (Å²) in [4.78, 5) is 1.05. The van der Waals surface area contributed by atoms with Gasteiger partial charge in [0.05, 0.1) is 0 Å². The van der Waals surface area contributed by atoms with E-state index in [1.165, 1.54) is 0 Å². The van der Waals surface area contributed by atoms with Crippen LogP contribution in [0.4, 0.5) is 0 Å². The number of hydrogen-bond donors (Lipinski definition) is 3. The molecule has 1 rings (SSSR count). The molecule has 0 aromatic heterocycles. The van der Waals surface area contributed by atoms with Crippen molar-refractivity contribution in [1.82, 2.24) is 0 Å². The van der Waals surface area contributed by atoms with Crippen molar-refractivity contribution < 1.29 is 5.11 Å². The Bertz CT molecular complexity index is 379. The van der Waals surface area contributed by atoms with Gasteiger partial charge >= 0.3 is 0 Å². The molecule has 0 saturated carbocycles. The zero-order chi connectivity index (χ0) is 12.1. The first-order valence-electron chi connectivity index (χ1n) is 5.27. The molecule has 0 amide bonds. The molecular formula is C12H18N2OS. The summed E-state index contributed by atoms with van der Waals surface area (Å²) < 4.78 is 0. The van der Waals surface area contributed by atoms with Crippen molar-refractivity contribution in [1.29, 1.82) is 5.41 Å². The number of rotatable bonds is 5. The second-order valence-electron chi connectivity index (χ2n) is 3.81. The molecule has 1 aromatic carbocycles. The molecule has 1 atom stereocenters. The standard InChI is InChI=1S/C12H18N2OS/c1-8-4-3-5-10(12(13)14)11(8)16-9(2)6-7-15/h3-5,9,15H,6-7H2,1-2H3,(H3,13,14). The van der Waals surface area contributed by atoms with Gasteiger partial charge < -0.3 is 10.8 Å². The molecule has 0 bridgehead atoms. The predicted octanol–water partition coefficient (Wildman–Crippen LogP) is 2.14. The molecule has 3 nitrogen and oxygen atoms in total. The number of thioether (sulfide) groups is 1. The van der Waals surface area contributed by atoms with Crippen LogP contribution in [0, 0.1) is 12.3 Å². The van der Waals surface area contributed by atoms with E-state index in [4.69, 9.17) is 16.2 Å². The van der Waals surface area contributed by atoms with Crippen LogP contribution in [-0.2, 0) is 0 Å². The summed E-state index contributed by atoms with van der Waals surface area (Å²) in [5.74, 6) is 0.0994. The fourth-order valence-corrected chi connectivity index (χ4v) is 2.65. The van der Waals surface area contributed by atoms with E-state index in [9.17, 15) is 0 Å². The number of benzene rings is 1.